The second kappa shape index (κ2) is 5.53. The number of imidazole rings is 1. The van der Waals surface area contributed by atoms with Crippen LogP contribution in [0.1, 0.15) is 17.0 Å². The molecule has 0 aliphatic rings. The van der Waals surface area contributed by atoms with E-state index in [1.54, 1.807) is 16.7 Å². The molecule has 0 fully saturated rings. The molecule has 0 radical (unpaired) electrons. The van der Waals surface area contributed by atoms with E-state index in [9.17, 15) is 0 Å². The summed E-state index contributed by atoms with van der Waals surface area (Å²) in [6, 6.07) is 9.31. The van der Waals surface area contributed by atoms with Crippen LogP contribution in [0.4, 0.5) is 0 Å². The van der Waals surface area contributed by atoms with Crippen molar-refractivity contribution >= 4 is 11.6 Å². The van der Waals surface area contributed by atoms with Gasteiger partial charge in [0.2, 0.25) is 0 Å². The van der Waals surface area contributed by atoms with Crippen LogP contribution in [0.15, 0.2) is 24.5 Å². The third kappa shape index (κ3) is 2.30. The lowest BCUT2D eigenvalue weighted by atomic mass is 10.1. The van der Waals surface area contributed by atoms with Crippen LogP contribution in [0.3, 0.4) is 0 Å². The van der Waals surface area contributed by atoms with Crippen molar-refractivity contribution in [2.24, 2.45) is 0 Å². The van der Waals surface area contributed by atoms with Gasteiger partial charge in [-0.25, -0.2) is 4.98 Å². The highest BCUT2D eigenvalue weighted by Gasteiger charge is 2.15. The number of hydrogen-bond donors (Lipinski definition) is 1. The van der Waals surface area contributed by atoms with Gasteiger partial charge >= 0.3 is 0 Å². The lowest BCUT2D eigenvalue weighted by Crippen LogP contribution is -2.10. The Morgan fingerprint density at radius 3 is 2.79 bits per heavy atom. The molecule has 2 aromatic rings. The summed E-state index contributed by atoms with van der Waals surface area (Å²) in [6.07, 6.45) is 1.46. The van der Waals surface area contributed by atoms with E-state index < -0.39 is 0 Å². The van der Waals surface area contributed by atoms with E-state index in [-0.39, 0.29) is 11.4 Å². The van der Waals surface area contributed by atoms with E-state index in [0.717, 1.165) is 11.3 Å². The Morgan fingerprint density at radius 1 is 1.37 bits per heavy atom. The van der Waals surface area contributed by atoms with Gasteiger partial charge in [0.05, 0.1) is 5.69 Å². The molecule has 94 valence electrons. The van der Waals surface area contributed by atoms with Crippen molar-refractivity contribution in [3.8, 4) is 17.8 Å². The molecule has 1 heterocycles. The zero-order valence-corrected chi connectivity index (χ0v) is 10.9. The molecule has 6 heteroatoms. The molecule has 0 bridgehead atoms. The molecule has 0 saturated heterocycles. The van der Waals surface area contributed by atoms with Gasteiger partial charge < -0.3 is 5.32 Å². The molecule has 1 aromatic heterocycles. The molecule has 0 aliphatic carbocycles. The fourth-order valence-corrected chi connectivity index (χ4v) is 2.08. The number of halogens is 1. The van der Waals surface area contributed by atoms with Gasteiger partial charge in [0, 0.05) is 17.1 Å². The summed E-state index contributed by atoms with van der Waals surface area (Å²) < 4.78 is 1.58. The number of nitriles is 2. The van der Waals surface area contributed by atoms with Crippen molar-refractivity contribution in [3.63, 3.8) is 0 Å². The molecule has 0 aliphatic heterocycles. The highest BCUT2D eigenvalue weighted by Crippen LogP contribution is 2.25. The predicted octanol–water partition coefficient (Wildman–Crippen LogP) is 1.99. The van der Waals surface area contributed by atoms with E-state index in [0.29, 0.717) is 11.6 Å². The fourth-order valence-electron chi connectivity index (χ4n) is 1.84. The first-order chi connectivity index (χ1) is 9.22. The second-order valence-corrected chi connectivity index (χ2v) is 4.21. The topological polar surface area (TPSA) is 77.4 Å². The minimum atomic E-state index is 0.109. The average molecular weight is 272 g/mol. The molecule has 2 rings (SSSR count). The van der Waals surface area contributed by atoms with Gasteiger partial charge in [-0.2, -0.15) is 10.5 Å². The Morgan fingerprint density at radius 2 is 2.16 bits per heavy atom. The van der Waals surface area contributed by atoms with Crippen LogP contribution in [0.25, 0.3) is 5.69 Å². The van der Waals surface area contributed by atoms with E-state index in [1.807, 2.05) is 25.3 Å². The van der Waals surface area contributed by atoms with Crippen LogP contribution in [-0.4, -0.2) is 16.6 Å². The first kappa shape index (κ1) is 13.1. The summed E-state index contributed by atoms with van der Waals surface area (Å²) in [5.74, 6) is 0. The van der Waals surface area contributed by atoms with Crippen LogP contribution >= 0.6 is 11.6 Å². The number of rotatable bonds is 3. The first-order valence-corrected chi connectivity index (χ1v) is 5.90. The summed E-state index contributed by atoms with van der Waals surface area (Å²) >= 11 is 6.17. The van der Waals surface area contributed by atoms with Gasteiger partial charge in [0.1, 0.15) is 18.5 Å². The quantitative estimate of drug-likeness (QED) is 0.926. The maximum Gasteiger partial charge on any atom is 0.177 e. The summed E-state index contributed by atoms with van der Waals surface area (Å²) in [7, 11) is 1.81. The molecule has 0 saturated carbocycles. The molecular formula is C13H10ClN5. The maximum absolute atomic E-state index is 9.16. The zero-order valence-electron chi connectivity index (χ0n) is 10.2. The third-order valence-electron chi connectivity index (χ3n) is 2.69. The van der Waals surface area contributed by atoms with E-state index in [1.165, 1.54) is 6.33 Å². The summed E-state index contributed by atoms with van der Waals surface area (Å²) in [4.78, 5) is 3.93. The van der Waals surface area contributed by atoms with Crippen LogP contribution < -0.4 is 5.32 Å². The summed E-state index contributed by atoms with van der Waals surface area (Å²) in [6.45, 7) is 0.555. The second-order valence-electron chi connectivity index (χ2n) is 3.80. The van der Waals surface area contributed by atoms with Gasteiger partial charge in [0.25, 0.3) is 0 Å². The van der Waals surface area contributed by atoms with Crippen LogP contribution in [0.2, 0.25) is 5.02 Å². The van der Waals surface area contributed by atoms with Crippen molar-refractivity contribution in [2.75, 3.05) is 7.05 Å². The number of nitrogens with zero attached hydrogens (tertiary/aromatic N) is 4. The molecule has 5 nitrogen and oxygen atoms in total. The molecule has 19 heavy (non-hydrogen) atoms. The van der Waals surface area contributed by atoms with E-state index in [4.69, 9.17) is 22.1 Å². The first-order valence-electron chi connectivity index (χ1n) is 5.52. The Labute approximate surface area is 115 Å². The third-order valence-corrected chi connectivity index (χ3v) is 3.04. The standard InChI is InChI=1S/C13H10ClN5/c1-17-7-9-10(14)3-2-4-12(9)19-8-18-11(5-15)13(19)6-16/h2-4,8,17H,7H2,1H3. The van der Waals surface area contributed by atoms with Gasteiger partial charge in [0.15, 0.2) is 11.4 Å². The van der Waals surface area contributed by atoms with Crippen LogP contribution in [0, 0.1) is 22.7 Å². The lowest BCUT2D eigenvalue weighted by molar-refractivity contribution is 0.807. The Hall–Kier alpha value is -2.34. The molecule has 1 N–H and O–H groups in total. The van der Waals surface area contributed by atoms with Crippen molar-refractivity contribution in [1.29, 1.82) is 10.5 Å². The molecular weight excluding hydrogens is 262 g/mol. The van der Waals surface area contributed by atoms with Gasteiger partial charge in [-0.1, -0.05) is 17.7 Å². The summed E-state index contributed by atoms with van der Waals surface area (Å²) in [5, 5.41) is 21.7. The van der Waals surface area contributed by atoms with Crippen molar-refractivity contribution in [3.05, 3.63) is 46.5 Å². The molecule has 0 amide bonds. The summed E-state index contributed by atoms with van der Waals surface area (Å²) in [5.41, 5.74) is 1.91. The molecule has 0 atom stereocenters. The molecule has 1 aromatic carbocycles. The minimum absolute atomic E-state index is 0.109. The van der Waals surface area contributed by atoms with E-state index >= 15 is 0 Å². The zero-order chi connectivity index (χ0) is 13.8. The number of aromatic nitrogens is 2. The van der Waals surface area contributed by atoms with Gasteiger partial charge in [-0.3, -0.25) is 4.57 Å². The van der Waals surface area contributed by atoms with Crippen molar-refractivity contribution < 1.29 is 0 Å². The largest absolute Gasteiger partial charge is 0.316 e. The highest BCUT2D eigenvalue weighted by atomic mass is 35.5. The van der Waals surface area contributed by atoms with Crippen LogP contribution in [-0.2, 0) is 6.54 Å². The average Bonchev–Trinajstić information content (AvgIpc) is 2.84. The fraction of sp³-hybridized carbons (Fsp3) is 0.154. The minimum Gasteiger partial charge on any atom is -0.316 e. The SMILES string of the molecule is CNCc1c(Cl)cccc1-n1cnc(C#N)c1C#N. The van der Waals surface area contributed by atoms with Crippen molar-refractivity contribution in [2.45, 2.75) is 6.54 Å². The Bertz CT molecular complexity index is 690. The molecule has 0 unspecified atom stereocenters. The normalized spacial score (nSPS) is 9.89. The number of hydrogen-bond acceptors (Lipinski definition) is 4. The monoisotopic (exact) mass is 271 g/mol. The van der Waals surface area contributed by atoms with Crippen LogP contribution in [0.5, 0.6) is 0 Å². The van der Waals surface area contributed by atoms with Gasteiger partial charge in [-0.05, 0) is 19.2 Å². The predicted molar refractivity (Wildman–Crippen MR) is 70.8 cm³/mol. The van der Waals surface area contributed by atoms with Crippen molar-refractivity contribution in [1.82, 2.24) is 14.9 Å². The Kier molecular flexibility index (Phi) is 3.82. The maximum atomic E-state index is 9.16. The number of benzene rings is 1. The number of nitrogens with one attached hydrogen (secondary N) is 1. The highest BCUT2D eigenvalue weighted by molar-refractivity contribution is 6.31. The molecule has 0 spiro atoms. The van der Waals surface area contributed by atoms with E-state index in [2.05, 4.69) is 10.3 Å². The Balaban J connectivity index is 2.67. The van der Waals surface area contributed by atoms with Gasteiger partial charge in [-0.15, -0.1) is 0 Å². The lowest BCUT2D eigenvalue weighted by Gasteiger charge is -2.12. The smallest absolute Gasteiger partial charge is 0.177 e.